The van der Waals surface area contributed by atoms with E-state index in [4.69, 9.17) is 5.73 Å². The highest BCUT2D eigenvalue weighted by atomic mass is 14.7. The molecule has 1 aromatic carbocycles. The van der Waals surface area contributed by atoms with Gasteiger partial charge in [0.25, 0.3) is 0 Å². The molecule has 0 amide bonds. The van der Waals surface area contributed by atoms with E-state index in [2.05, 4.69) is 37.9 Å². The van der Waals surface area contributed by atoms with E-state index < -0.39 is 0 Å². The number of H-pyrrole nitrogens is 1. The summed E-state index contributed by atoms with van der Waals surface area (Å²) in [6.07, 6.45) is 2.10. The zero-order valence-electron chi connectivity index (χ0n) is 10.4. The second-order valence-corrected chi connectivity index (χ2v) is 4.63. The number of aromatic nitrogens is 1. The summed E-state index contributed by atoms with van der Waals surface area (Å²) in [6, 6.07) is 4.49. The van der Waals surface area contributed by atoms with Crippen LogP contribution in [0.3, 0.4) is 0 Å². The molecule has 0 bridgehead atoms. The molecule has 86 valence electrons. The van der Waals surface area contributed by atoms with Gasteiger partial charge in [0.15, 0.2) is 0 Å². The number of nitrogens with two attached hydrogens (primary N) is 1. The summed E-state index contributed by atoms with van der Waals surface area (Å²) in [5, 5.41) is 1.37. The monoisotopic (exact) mass is 216 g/mol. The van der Waals surface area contributed by atoms with Crippen LogP contribution in [-0.2, 0) is 6.42 Å². The number of nitrogens with one attached hydrogen (secondary N) is 1. The summed E-state index contributed by atoms with van der Waals surface area (Å²) < 4.78 is 0. The number of rotatable bonds is 3. The van der Waals surface area contributed by atoms with Gasteiger partial charge in [-0.3, -0.25) is 0 Å². The lowest BCUT2D eigenvalue weighted by molar-refractivity contribution is 0.813. The van der Waals surface area contributed by atoms with Crippen LogP contribution in [0.1, 0.15) is 28.8 Å². The molecule has 0 aliphatic carbocycles. The predicted octanol–water partition coefficient (Wildman–Crippen LogP) is 2.98. The molecule has 0 aliphatic rings. The zero-order valence-corrected chi connectivity index (χ0v) is 10.4. The topological polar surface area (TPSA) is 41.8 Å². The normalized spacial score (nSPS) is 11.2. The van der Waals surface area contributed by atoms with Gasteiger partial charge in [0.2, 0.25) is 0 Å². The first-order valence-corrected chi connectivity index (χ1v) is 5.92. The van der Waals surface area contributed by atoms with Crippen molar-refractivity contribution in [2.24, 2.45) is 5.73 Å². The number of aromatic amines is 1. The third kappa shape index (κ3) is 1.85. The lowest BCUT2D eigenvalue weighted by atomic mass is 10.0. The zero-order chi connectivity index (χ0) is 11.7. The first-order valence-electron chi connectivity index (χ1n) is 5.92. The Morgan fingerprint density at radius 2 is 1.94 bits per heavy atom. The molecule has 2 nitrogen and oxygen atoms in total. The Labute approximate surface area is 96.9 Å². The smallest absolute Gasteiger partial charge is 0.0488 e. The standard InChI is InChI=1S/C14H20N2/c1-9-7-10(2)14-12(8-9)11(3)13(16-14)5-4-6-15/h7-8,16H,4-6,15H2,1-3H3. The van der Waals surface area contributed by atoms with Gasteiger partial charge in [-0.05, 0) is 57.4 Å². The highest BCUT2D eigenvalue weighted by Gasteiger charge is 2.09. The summed E-state index contributed by atoms with van der Waals surface area (Å²) in [5.41, 5.74) is 12.2. The molecule has 0 saturated carbocycles. The van der Waals surface area contributed by atoms with Crippen LogP contribution < -0.4 is 5.73 Å². The van der Waals surface area contributed by atoms with Gasteiger partial charge in [-0.25, -0.2) is 0 Å². The molecule has 2 rings (SSSR count). The fourth-order valence-corrected chi connectivity index (χ4v) is 2.37. The fraction of sp³-hybridized carbons (Fsp3) is 0.429. The number of fused-ring (bicyclic) bond motifs is 1. The van der Waals surface area contributed by atoms with E-state index in [1.165, 1.54) is 33.3 Å². The molecule has 0 spiro atoms. The lowest BCUT2D eigenvalue weighted by Gasteiger charge is -1.99. The average molecular weight is 216 g/mol. The fourth-order valence-electron chi connectivity index (χ4n) is 2.37. The summed E-state index contributed by atoms with van der Waals surface area (Å²) in [6.45, 7) is 7.27. The van der Waals surface area contributed by atoms with Crippen LogP contribution in [0.5, 0.6) is 0 Å². The SMILES string of the molecule is Cc1cc(C)c2[nH]c(CCCN)c(C)c2c1. The Morgan fingerprint density at radius 1 is 1.19 bits per heavy atom. The minimum absolute atomic E-state index is 0.757. The summed E-state index contributed by atoms with van der Waals surface area (Å²) in [5.74, 6) is 0. The van der Waals surface area contributed by atoms with Gasteiger partial charge in [0, 0.05) is 16.6 Å². The lowest BCUT2D eigenvalue weighted by Crippen LogP contribution is -2.01. The molecule has 3 N–H and O–H groups in total. The minimum atomic E-state index is 0.757. The molecular formula is C14H20N2. The number of hydrogen-bond donors (Lipinski definition) is 2. The number of benzene rings is 1. The number of hydrogen-bond acceptors (Lipinski definition) is 1. The first-order chi connectivity index (χ1) is 7.63. The first kappa shape index (κ1) is 11.2. The molecule has 16 heavy (non-hydrogen) atoms. The van der Waals surface area contributed by atoms with Crippen LogP contribution in [0.2, 0.25) is 0 Å². The molecule has 1 aromatic heterocycles. The quantitative estimate of drug-likeness (QED) is 0.813. The van der Waals surface area contributed by atoms with Crippen molar-refractivity contribution in [2.75, 3.05) is 6.54 Å². The second kappa shape index (κ2) is 4.30. The maximum atomic E-state index is 5.56. The number of aryl methyl sites for hydroxylation is 4. The second-order valence-electron chi connectivity index (χ2n) is 4.63. The van der Waals surface area contributed by atoms with E-state index in [9.17, 15) is 0 Å². The molecular weight excluding hydrogens is 196 g/mol. The van der Waals surface area contributed by atoms with E-state index >= 15 is 0 Å². The predicted molar refractivity (Wildman–Crippen MR) is 69.9 cm³/mol. The molecule has 2 aromatic rings. The maximum absolute atomic E-state index is 5.56. The molecule has 0 fully saturated rings. The van der Waals surface area contributed by atoms with E-state index in [-0.39, 0.29) is 0 Å². The molecule has 0 atom stereocenters. The molecule has 0 radical (unpaired) electrons. The van der Waals surface area contributed by atoms with Crippen LogP contribution in [0, 0.1) is 20.8 Å². The molecule has 0 saturated heterocycles. The molecule has 0 unspecified atom stereocenters. The average Bonchev–Trinajstić information content (AvgIpc) is 2.54. The highest BCUT2D eigenvalue weighted by molar-refractivity contribution is 5.87. The van der Waals surface area contributed by atoms with Gasteiger partial charge in [-0.2, -0.15) is 0 Å². The van der Waals surface area contributed by atoms with Crippen molar-refractivity contribution < 1.29 is 0 Å². The van der Waals surface area contributed by atoms with Crippen molar-refractivity contribution >= 4 is 10.9 Å². The Balaban J connectivity index is 2.54. The minimum Gasteiger partial charge on any atom is -0.358 e. The van der Waals surface area contributed by atoms with E-state index in [0.29, 0.717) is 0 Å². The highest BCUT2D eigenvalue weighted by Crippen LogP contribution is 2.26. The van der Waals surface area contributed by atoms with Crippen LogP contribution in [-0.4, -0.2) is 11.5 Å². The van der Waals surface area contributed by atoms with Crippen LogP contribution in [0.15, 0.2) is 12.1 Å². The Kier molecular flexibility index (Phi) is 3.01. The van der Waals surface area contributed by atoms with E-state index in [1.807, 2.05) is 0 Å². The van der Waals surface area contributed by atoms with Crippen molar-refractivity contribution in [1.82, 2.24) is 4.98 Å². The third-order valence-electron chi connectivity index (χ3n) is 3.24. The summed E-state index contributed by atoms with van der Waals surface area (Å²) >= 11 is 0. The van der Waals surface area contributed by atoms with Gasteiger partial charge in [-0.1, -0.05) is 11.6 Å². The maximum Gasteiger partial charge on any atom is 0.0488 e. The third-order valence-corrected chi connectivity index (χ3v) is 3.24. The molecule has 1 heterocycles. The van der Waals surface area contributed by atoms with Crippen molar-refractivity contribution in [2.45, 2.75) is 33.6 Å². The largest absolute Gasteiger partial charge is 0.358 e. The van der Waals surface area contributed by atoms with Gasteiger partial charge in [-0.15, -0.1) is 0 Å². The van der Waals surface area contributed by atoms with Crippen molar-refractivity contribution in [3.8, 4) is 0 Å². The summed E-state index contributed by atoms with van der Waals surface area (Å²) in [7, 11) is 0. The van der Waals surface area contributed by atoms with E-state index in [1.54, 1.807) is 0 Å². The van der Waals surface area contributed by atoms with Crippen LogP contribution in [0.4, 0.5) is 0 Å². The molecule has 2 heteroatoms. The van der Waals surface area contributed by atoms with Crippen molar-refractivity contribution in [3.05, 3.63) is 34.5 Å². The Bertz CT molecular complexity index is 509. The van der Waals surface area contributed by atoms with Crippen molar-refractivity contribution in [1.29, 1.82) is 0 Å². The Hall–Kier alpha value is -1.28. The Morgan fingerprint density at radius 3 is 2.62 bits per heavy atom. The van der Waals surface area contributed by atoms with Gasteiger partial charge in [0.1, 0.15) is 0 Å². The van der Waals surface area contributed by atoms with Gasteiger partial charge in [0.05, 0.1) is 0 Å². The van der Waals surface area contributed by atoms with Crippen LogP contribution >= 0.6 is 0 Å². The molecule has 0 aliphatic heterocycles. The van der Waals surface area contributed by atoms with Gasteiger partial charge >= 0.3 is 0 Å². The van der Waals surface area contributed by atoms with E-state index in [0.717, 1.165) is 19.4 Å². The van der Waals surface area contributed by atoms with Crippen molar-refractivity contribution in [3.63, 3.8) is 0 Å². The summed E-state index contributed by atoms with van der Waals surface area (Å²) in [4.78, 5) is 3.54. The van der Waals surface area contributed by atoms with Crippen LogP contribution in [0.25, 0.3) is 10.9 Å². The van der Waals surface area contributed by atoms with Gasteiger partial charge < -0.3 is 10.7 Å².